The topological polar surface area (TPSA) is 71.1 Å². The summed E-state index contributed by atoms with van der Waals surface area (Å²) in [6.45, 7) is 4.54. The van der Waals surface area contributed by atoms with E-state index in [0.29, 0.717) is 18.5 Å². The summed E-state index contributed by atoms with van der Waals surface area (Å²) in [4.78, 5) is 29.5. The van der Waals surface area contributed by atoms with Crippen molar-refractivity contribution in [2.24, 2.45) is 0 Å². The molecule has 176 valence electrons. The zero-order valence-corrected chi connectivity index (χ0v) is 23.2. The highest BCUT2D eigenvalue weighted by atomic mass is 79.9. The Morgan fingerprint density at radius 1 is 1.12 bits per heavy atom. The van der Waals surface area contributed by atoms with Gasteiger partial charge in [-0.2, -0.15) is 0 Å². The van der Waals surface area contributed by atoms with Crippen LogP contribution in [0.5, 0.6) is 10.1 Å². The minimum atomic E-state index is -0.255. The molecule has 1 fully saturated rings. The van der Waals surface area contributed by atoms with Gasteiger partial charge in [0.15, 0.2) is 15.9 Å². The second-order valence-electron chi connectivity index (χ2n) is 7.52. The molecule has 1 saturated heterocycles. The van der Waals surface area contributed by atoms with Crippen LogP contribution in [-0.4, -0.2) is 68.4 Å². The van der Waals surface area contributed by atoms with Crippen LogP contribution in [0.1, 0.15) is 33.9 Å². The number of carbonyl (C=O) groups excluding carboxylic acids is 2. The summed E-state index contributed by atoms with van der Waals surface area (Å²) in [6, 6.07) is 1.77. The molecular weight excluding hydrogens is 606 g/mol. The van der Waals surface area contributed by atoms with Crippen molar-refractivity contribution in [1.82, 2.24) is 15.1 Å². The number of methoxy groups -OCH3 is 2. The summed E-state index contributed by atoms with van der Waals surface area (Å²) in [5.41, 5.74) is 2.74. The lowest BCUT2D eigenvalue weighted by atomic mass is 10.2. The number of nitrogens with one attached hydrogen (secondary N) is 1. The van der Waals surface area contributed by atoms with Crippen LogP contribution in [0.3, 0.4) is 0 Å². The maximum Gasteiger partial charge on any atom is 0.234 e. The van der Waals surface area contributed by atoms with Crippen LogP contribution < -0.4 is 14.8 Å². The van der Waals surface area contributed by atoms with E-state index in [1.807, 2.05) is 6.07 Å². The molecule has 12 heteroatoms. The number of hydrogen-bond donors (Lipinski definition) is 1. The first-order valence-corrected chi connectivity index (χ1v) is 13.1. The number of fused-ring (bicyclic) bond motifs is 1. The second kappa shape index (κ2) is 11.2. The molecule has 0 bridgehead atoms. The number of thiophene rings is 2. The Balaban J connectivity index is 0.00000289. The molecule has 4 rings (SSSR count). The second-order valence-corrected chi connectivity index (χ2v) is 12.2. The Hall–Kier alpha value is -0.690. The van der Waals surface area contributed by atoms with E-state index in [9.17, 15) is 9.59 Å². The van der Waals surface area contributed by atoms with Crippen LogP contribution in [0.4, 0.5) is 0 Å². The van der Waals surface area contributed by atoms with E-state index in [1.54, 1.807) is 14.2 Å². The van der Waals surface area contributed by atoms with E-state index in [2.05, 4.69) is 47.0 Å². The molecule has 0 spiro atoms. The predicted molar refractivity (Wildman–Crippen MR) is 136 cm³/mol. The molecule has 7 nitrogen and oxygen atoms in total. The van der Waals surface area contributed by atoms with Gasteiger partial charge in [0, 0.05) is 61.9 Å². The van der Waals surface area contributed by atoms with Crippen molar-refractivity contribution in [3.63, 3.8) is 0 Å². The first-order chi connectivity index (χ1) is 14.9. The molecule has 1 N–H and O–H groups in total. The molecule has 32 heavy (non-hydrogen) atoms. The first kappa shape index (κ1) is 25.9. The minimum Gasteiger partial charge on any atom is -0.487 e. The van der Waals surface area contributed by atoms with Crippen LogP contribution in [-0.2, 0) is 11.3 Å². The smallest absolute Gasteiger partial charge is 0.234 e. The van der Waals surface area contributed by atoms with Crippen molar-refractivity contribution in [3.8, 4) is 10.1 Å². The Morgan fingerprint density at radius 3 is 2.47 bits per heavy atom. The number of carbonyl (C=O) groups is 2. The number of Topliss-reactive ketones (excluding diaryl/α,β-unsaturated/α-hetero) is 1. The van der Waals surface area contributed by atoms with Gasteiger partial charge in [-0.25, -0.2) is 0 Å². The maximum absolute atomic E-state index is 12.7. The zero-order chi connectivity index (χ0) is 22.1. The third-order valence-electron chi connectivity index (χ3n) is 5.57. The van der Waals surface area contributed by atoms with Crippen molar-refractivity contribution in [3.05, 3.63) is 30.3 Å². The number of rotatable bonds is 7. The van der Waals surface area contributed by atoms with Crippen molar-refractivity contribution in [1.29, 1.82) is 0 Å². The van der Waals surface area contributed by atoms with Crippen LogP contribution in [0, 0.1) is 0 Å². The number of nitrogens with zero attached hydrogens (tertiary/aromatic N) is 2. The van der Waals surface area contributed by atoms with E-state index < -0.39 is 0 Å². The van der Waals surface area contributed by atoms with Gasteiger partial charge in [0.25, 0.3) is 0 Å². The van der Waals surface area contributed by atoms with Crippen LogP contribution in [0.25, 0.3) is 0 Å². The van der Waals surface area contributed by atoms with Gasteiger partial charge in [-0.05, 0) is 31.9 Å². The largest absolute Gasteiger partial charge is 0.487 e. The molecule has 0 aromatic carbocycles. The molecule has 1 atom stereocenters. The highest BCUT2D eigenvalue weighted by molar-refractivity contribution is 9.12. The van der Waals surface area contributed by atoms with Gasteiger partial charge in [-0.3, -0.25) is 19.4 Å². The Kier molecular flexibility index (Phi) is 9.04. The minimum absolute atomic E-state index is 0. The summed E-state index contributed by atoms with van der Waals surface area (Å²) >= 11 is 9.96. The summed E-state index contributed by atoms with van der Waals surface area (Å²) < 4.78 is 12.5. The fourth-order valence-corrected chi connectivity index (χ4v) is 8.21. The summed E-state index contributed by atoms with van der Waals surface area (Å²) in [5, 5.41) is 4.79. The van der Waals surface area contributed by atoms with Crippen molar-refractivity contribution in [2.45, 2.75) is 19.0 Å². The number of ketones is 1. The fraction of sp³-hybridized carbons (Fsp3) is 0.500. The van der Waals surface area contributed by atoms with Gasteiger partial charge in [0.2, 0.25) is 5.91 Å². The Bertz CT molecular complexity index is 992. The molecule has 2 aromatic heterocycles. The van der Waals surface area contributed by atoms with Crippen molar-refractivity contribution < 1.29 is 19.1 Å². The SMILES string of the molecule is COc1cc(CN2CCN(CC(=O)NC3CC(=O)c4c(Br)sc(Br)c43)CC2)c(OC)s1.Cl. The lowest BCUT2D eigenvalue weighted by molar-refractivity contribution is -0.123. The summed E-state index contributed by atoms with van der Waals surface area (Å²) in [6.07, 6.45) is 0.320. The van der Waals surface area contributed by atoms with Crippen molar-refractivity contribution >= 4 is 78.6 Å². The van der Waals surface area contributed by atoms with Crippen LogP contribution >= 0.6 is 66.9 Å². The van der Waals surface area contributed by atoms with Gasteiger partial charge in [-0.15, -0.1) is 23.7 Å². The summed E-state index contributed by atoms with van der Waals surface area (Å²) in [7, 11) is 3.34. The molecule has 0 radical (unpaired) electrons. The molecule has 1 amide bonds. The highest BCUT2D eigenvalue weighted by Crippen LogP contribution is 2.46. The zero-order valence-electron chi connectivity index (χ0n) is 17.6. The lowest BCUT2D eigenvalue weighted by Gasteiger charge is -2.34. The third kappa shape index (κ3) is 5.51. The molecule has 2 aliphatic rings. The fourth-order valence-electron chi connectivity index (χ4n) is 4.03. The number of hydrogen-bond acceptors (Lipinski definition) is 8. The van der Waals surface area contributed by atoms with Crippen molar-refractivity contribution in [2.75, 3.05) is 46.9 Å². The first-order valence-electron chi connectivity index (χ1n) is 9.85. The molecule has 1 unspecified atom stereocenters. The van der Waals surface area contributed by atoms with E-state index in [1.165, 1.54) is 22.7 Å². The third-order valence-corrected chi connectivity index (χ3v) is 9.25. The molecule has 0 saturated carbocycles. The monoisotopic (exact) mass is 627 g/mol. The van der Waals surface area contributed by atoms with Gasteiger partial charge in [-0.1, -0.05) is 11.3 Å². The number of piperazine rings is 1. The molecule has 1 aliphatic carbocycles. The number of ether oxygens (including phenoxy) is 2. The van der Waals surface area contributed by atoms with E-state index in [0.717, 1.165) is 61.5 Å². The number of halogens is 3. The normalized spacial score (nSPS) is 18.9. The predicted octanol–water partition coefficient (Wildman–Crippen LogP) is 4.34. The average Bonchev–Trinajstić information content (AvgIpc) is 3.38. The molecule has 2 aromatic rings. The summed E-state index contributed by atoms with van der Waals surface area (Å²) in [5.74, 6) is 0.0285. The Morgan fingerprint density at radius 2 is 1.81 bits per heavy atom. The lowest BCUT2D eigenvalue weighted by Crippen LogP contribution is -2.49. The van der Waals surface area contributed by atoms with Crippen LogP contribution in [0.15, 0.2) is 13.6 Å². The van der Waals surface area contributed by atoms with Gasteiger partial charge >= 0.3 is 0 Å². The Labute approximate surface area is 218 Å². The standard InChI is InChI=1S/C20H23Br2N3O4S2.ClH/c1-28-15-7-11(20(29-2)30-15)9-24-3-5-25(6-4-24)10-14(27)23-12-8-13(26)17-16(12)18(21)31-19(17)22;/h7,12H,3-6,8-10H2,1-2H3,(H,23,27);1H. The maximum atomic E-state index is 12.7. The molecule has 3 heterocycles. The molecule has 1 aliphatic heterocycles. The number of amides is 1. The average molecular weight is 630 g/mol. The van der Waals surface area contributed by atoms with Gasteiger partial charge in [0.1, 0.15) is 0 Å². The van der Waals surface area contributed by atoms with E-state index >= 15 is 0 Å². The van der Waals surface area contributed by atoms with Gasteiger partial charge < -0.3 is 14.8 Å². The van der Waals surface area contributed by atoms with E-state index in [4.69, 9.17) is 9.47 Å². The van der Waals surface area contributed by atoms with E-state index in [-0.39, 0.29) is 30.1 Å². The van der Waals surface area contributed by atoms with Crippen LogP contribution in [0.2, 0.25) is 0 Å². The highest BCUT2D eigenvalue weighted by Gasteiger charge is 2.36. The quantitative estimate of drug-likeness (QED) is 0.492. The van der Waals surface area contributed by atoms with Gasteiger partial charge in [0.05, 0.1) is 34.4 Å². The molecular formula is C20H24Br2ClN3O4S2.